The molecule has 0 spiro atoms. The van der Waals surface area contributed by atoms with Gasteiger partial charge in [-0.1, -0.05) is 98.6 Å². The lowest BCUT2D eigenvalue weighted by molar-refractivity contribution is -0.140. The zero-order valence-corrected chi connectivity index (χ0v) is 27.0. The molecule has 3 aromatic carbocycles. The van der Waals surface area contributed by atoms with E-state index in [0.29, 0.717) is 27.7 Å². The third kappa shape index (κ3) is 8.96. The molecule has 0 bridgehead atoms. The first-order valence-electron chi connectivity index (χ1n) is 14.0. The Balaban J connectivity index is 2.12. The van der Waals surface area contributed by atoms with Crippen LogP contribution in [-0.4, -0.2) is 50.0 Å². The molecule has 3 rings (SSSR count). The predicted molar refractivity (Wildman–Crippen MR) is 172 cm³/mol. The van der Waals surface area contributed by atoms with Crippen molar-refractivity contribution in [2.45, 2.75) is 65.1 Å². The summed E-state index contributed by atoms with van der Waals surface area (Å²) in [6, 6.07) is 20.5. The lowest BCUT2D eigenvalue weighted by atomic mass is 10.0. The van der Waals surface area contributed by atoms with Gasteiger partial charge in [-0.3, -0.25) is 13.9 Å². The minimum atomic E-state index is -3.87. The fourth-order valence-electron chi connectivity index (χ4n) is 4.63. The SMILES string of the molecule is CC[C@H](C)NC(=O)[C@H](Cc1ccccc1)N(Cc1ccc(Cl)c(Cl)c1)C(=O)CN(c1ccccc1C(C)C)S(C)(=O)=O. The van der Waals surface area contributed by atoms with Gasteiger partial charge in [0.1, 0.15) is 12.6 Å². The van der Waals surface area contributed by atoms with Crippen molar-refractivity contribution < 1.29 is 18.0 Å². The number of rotatable bonds is 13. The van der Waals surface area contributed by atoms with E-state index in [2.05, 4.69) is 5.32 Å². The Morgan fingerprint density at radius 2 is 1.52 bits per heavy atom. The number of nitrogens with one attached hydrogen (secondary N) is 1. The van der Waals surface area contributed by atoms with Crippen LogP contribution in [0, 0.1) is 0 Å². The van der Waals surface area contributed by atoms with Crippen molar-refractivity contribution in [3.05, 3.63) is 99.5 Å². The Bertz CT molecular complexity index is 1480. The van der Waals surface area contributed by atoms with Crippen LogP contribution >= 0.6 is 23.2 Å². The molecule has 0 aliphatic rings. The first kappa shape index (κ1) is 33.4. The van der Waals surface area contributed by atoms with Crippen LogP contribution in [-0.2, 0) is 32.6 Å². The summed E-state index contributed by atoms with van der Waals surface area (Å²) in [6.07, 6.45) is 2.02. The molecule has 7 nitrogen and oxygen atoms in total. The number of nitrogens with zero attached hydrogens (tertiary/aromatic N) is 2. The fourth-order valence-corrected chi connectivity index (χ4v) is 5.82. The number of sulfonamides is 1. The Kier molecular flexibility index (Phi) is 11.9. The minimum Gasteiger partial charge on any atom is -0.352 e. The van der Waals surface area contributed by atoms with Crippen LogP contribution < -0.4 is 9.62 Å². The number of halogens is 2. The second-order valence-electron chi connectivity index (χ2n) is 10.8. The van der Waals surface area contributed by atoms with Crippen molar-refractivity contribution in [2.24, 2.45) is 0 Å². The summed E-state index contributed by atoms with van der Waals surface area (Å²) in [5.41, 5.74) is 2.74. The van der Waals surface area contributed by atoms with Gasteiger partial charge in [0, 0.05) is 19.0 Å². The summed E-state index contributed by atoms with van der Waals surface area (Å²) < 4.78 is 27.4. The number of carbonyl (C=O) groups excluding carboxylic acids is 2. The fraction of sp³-hybridized carbons (Fsp3) is 0.375. The van der Waals surface area contributed by atoms with Gasteiger partial charge in [-0.05, 0) is 54.2 Å². The van der Waals surface area contributed by atoms with E-state index in [1.807, 2.05) is 70.2 Å². The molecule has 226 valence electrons. The largest absolute Gasteiger partial charge is 0.352 e. The molecular formula is C32H39Cl2N3O4S. The van der Waals surface area contributed by atoms with E-state index in [4.69, 9.17) is 23.2 Å². The molecule has 1 N–H and O–H groups in total. The van der Waals surface area contributed by atoms with Gasteiger partial charge < -0.3 is 10.2 Å². The smallest absolute Gasteiger partial charge is 0.244 e. The summed E-state index contributed by atoms with van der Waals surface area (Å²) in [5, 5.41) is 3.70. The zero-order chi connectivity index (χ0) is 31.0. The summed E-state index contributed by atoms with van der Waals surface area (Å²) >= 11 is 12.5. The van der Waals surface area contributed by atoms with Crippen molar-refractivity contribution in [2.75, 3.05) is 17.1 Å². The Hall–Kier alpha value is -3.07. The van der Waals surface area contributed by atoms with Crippen LogP contribution in [0.3, 0.4) is 0 Å². The van der Waals surface area contributed by atoms with Crippen molar-refractivity contribution in [1.82, 2.24) is 10.2 Å². The van der Waals surface area contributed by atoms with Gasteiger partial charge in [0.25, 0.3) is 0 Å². The monoisotopic (exact) mass is 631 g/mol. The van der Waals surface area contributed by atoms with Gasteiger partial charge in [0.15, 0.2) is 0 Å². The van der Waals surface area contributed by atoms with Crippen molar-refractivity contribution in [3.8, 4) is 0 Å². The third-order valence-electron chi connectivity index (χ3n) is 7.12. The van der Waals surface area contributed by atoms with Gasteiger partial charge in [-0.25, -0.2) is 8.42 Å². The zero-order valence-electron chi connectivity index (χ0n) is 24.7. The summed E-state index contributed by atoms with van der Waals surface area (Å²) in [5.74, 6) is -0.833. The molecule has 42 heavy (non-hydrogen) atoms. The molecule has 10 heteroatoms. The molecule has 3 aromatic rings. The predicted octanol–water partition coefficient (Wildman–Crippen LogP) is 6.44. The normalized spacial score (nSPS) is 13.0. The highest BCUT2D eigenvalue weighted by molar-refractivity contribution is 7.92. The van der Waals surface area contributed by atoms with E-state index in [1.165, 1.54) is 4.90 Å². The highest BCUT2D eigenvalue weighted by atomic mass is 35.5. The molecular weight excluding hydrogens is 593 g/mol. The lowest BCUT2D eigenvalue weighted by Crippen LogP contribution is -2.54. The van der Waals surface area contributed by atoms with Crippen molar-refractivity contribution in [1.29, 1.82) is 0 Å². The number of carbonyl (C=O) groups is 2. The number of benzene rings is 3. The maximum absolute atomic E-state index is 14.3. The molecule has 0 saturated carbocycles. The van der Waals surface area contributed by atoms with Crippen LogP contribution in [0.1, 0.15) is 56.7 Å². The Labute approximate surface area is 259 Å². The second kappa shape index (κ2) is 14.9. The first-order valence-corrected chi connectivity index (χ1v) is 16.6. The lowest BCUT2D eigenvalue weighted by Gasteiger charge is -2.34. The number of anilines is 1. The van der Waals surface area contributed by atoms with Gasteiger partial charge in [-0.15, -0.1) is 0 Å². The van der Waals surface area contributed by atoms with Gasteiger partial charge in [0.2, 0.25) is 21.8 Å². The molecule has 0 saturated heterocycles. The quantitative estimate of drug-likeness (QED) is 0.235. The molecule has 0 aliphatic carbocycles. The average Bonchev–Trinajstić information content (AvgIpc) is 2.95. The van der Waals surface area contributed by atoms with Crippen LogP contribution in [0.25, 0.3) is 0 Å². The molecule has 0 heterocycles. The Morgan fingerprint density at radius 1 is 0.881 bits per heavy atom. The van der Waals surface area contributed by atoms with Crippen LogP contribution in [0.4, 0.5) is 5.69 Å². The molecule has 0 aromatic heterocycles. The number of hydrogen-bond acceptors (Lipinski definition) is 4. The number of amides is 2. The number of hydrogen-bond donors (Lipinski definition) is 1. The van der Waals surface area contributed by atoms with E-state index in [9.17, 15) is 18.0 Å². The van der Waals surface area contributed by atoms with Gasteiger partial charge in [-0.2, -0.15) is 0 Å². The van der Waals surface area contributed by atoms with Gasteiger partial charge in [0.05, 0.1) is 22.0 Å². The average molecular weight is 633 g/mol. The van der Waals surface area contributed by atoms with Crippen LogP contribution in [0.15, 0.2) is 72.8 Å². The highest BCUT2D eigenvalue weighted by Gasteiger charge is 2.34. The third-order valence-corrected chi connectivity index (χ3v) is 8.98. The molecule has 2 amide bonds. The molecule has 2 atom stereocenters. The highest BCUT2D eigenvalue weighted by Crippen LogP contribution is 2.30. The van der Waals surface area contributed by atoms with Crippen LogP contribution in [0.2, 0.25) is 10.0 Å². The maximum Gasteiger partial charge on any atom is 0.244 e. The summed E-state index contributed by atoms with van der Waals surface area (Å²) in [7, 11) is -3.87. The van der Waals surface area contributed by atoms with E-state index < -0.39 is 28.5 Å². The topological polar surface area (TPSA) is 86.8 Å². The maximum atomic E-state index is 14.3. The molecule has 0 aliphatic heterocycles. The first-order chi connectivity index (χ1) is 19.8. The van der Waals surface area contributed by atoms with Gasteiger partial charge >= 0.3 is 0 Å². The van der Waals surface area contributed by atoms with E-state index >= 15 is 0 Å². The standard InChI is InChI=1S/C32H39Cl2N3O4S/c1-6-23(4)35-32(39)30(19-24-12-8-7-9-13-24)36(20-25-16-17-27(33)28(34)18-25)31(38)21-37(42(5,40)41)29-15-11-10-14-26(29)22(2)3/h7-18,22-23,30H,6,19-21H2,1-5H3,(H,35,39)/t23-,30-/m0/s1. The number of para-hydroxylation sites is 1. The molecule has 0 radical (unpaired) electrons. The van der Waals surface area contributed by atoms with Crippen molar-refractivity contribution >= 4 is 50.7 Å². The Morgan fingerprint density at radius 3 is 2.12 bits per heavy atom. The van der Waals surface area contributed by atoms with Crippen molar-refractivity contribution in [3.63, 3.8) is 0 Å². The summed E-state index contributed by atoms with van der Waals surface area (Å²) in [4.78, 5) is 29.5. The van der Waals surface area contributed by atoms with E-state index in [0.717, 1.165) is 21.7 Å². The van der Waals surface area contributed by atoms with Crippen LogP contribution in [0.5, 0.6) is 0 Å². The second-order valence-corrected chi connectivity index (χ2v) is 13.5. The molecule has 0 unspecified atom stereocenters. The summed E-state index contributed by atoms with van der Waals surface area (Å²) in [6.45, 7) is 7.33. The minimum absolute atomic E-state index is 0.0139. The van der Waals surface area contributed by atoms with E-state index in [-0.39, 0.29) is 30.8 Å². The molecule has 0 fully saturated rings. The van der Waals surface area contributed by atoms with E-state index in [1.54, 1.807) is 30.3 Å².